The molecule has 1 heterocycles. The van der Waals surface area contributed by atoms with E-state index in [-0.39, 0.29) is 5.69 Å². The number of fused-ring (bicyclic) bond motifs is 1. The molecule has 3 aromatic carbocycles. The molecule has 1 aromatic heterocycles. The van der Waals surface area contributed by atoms with Crippen LogP contribution in [-0.4, -0.2) is 18.0 Å². The topological polar surface area (TPSA) is 64.4 Å². The van der Waals surface area contributed by atoms with Gasteiger partial charge in [-0.3, -0.25) is 4.79 Å². The molecule has 0 radical (unpaired) electrons. The van der Waals surface area contributed by atoms with E-state index in [0.717, 1.165) is 12.7 Å². The number of benzene rings is 3. The van der Waals surface area contributed by atoms with Gasteiger partial charge in [-0.05, 0) is 47.9 Å². The number of hydrogen-bond donors (Lipinski definition) is 1. The lowest BCUT2D eigenvalue weighted by Gasteiger charge is -2.11. The van der Waals surface area contributed by atoms with Gasteiger partial charge in [0.25, 0.3) is 5.91 Å². The molecule has 1 N–H and O–H groups in total. The van der Waals surface area contributed by atoms with Crippen molar-refractivity contribution in [3.05, 3.63) is 76.9 Å². The maximum absolute atomic E-state index is 14.2. The predicted octanol–water partition coefficient (Wildman–Crippen LogP) is 6.44. The molecule has 33 heavy (non-hydrogen) atoms. The third-order valence-corrected chi connectivity index (χ3v) is 5.12. The molecule has 0 saturated heterocycles. The number of nitrogens with zero attached hydrogens (tertiary/aromatic N) is 1. The Labute approximate surface area is 186 Å². The quantitative estimate of drug-likeness (QED) is 0.276. The molecule has 0 saturated carbocycles. The summed E-state index contributed by atoms with van der Waals surface area (Å²) in [5.41, 5.74) is 1.76. The molecule has 0 aliphatic carbocycles. The number of halogens is 4. The van der Waals surface area contributed by atoms with Crippen molar-refractivity contribution in [1.29, 1.82) is 0 Å². The Bertz CT molecular complexity index is 1340. The zero-order chi connectivity index (χ0) is 23.9. The van der Waals surface area contributed by atoms with E-state index < -0.39 is 40.5 Å². The summed E-state index contributed by atoms with van der Waals surface area (Å²) in [7, 11) is 0.849. The number of carbonyl (C=O) groups excluding carboxylic acids is 1. The molecule has 5 nitrogen and oxygen atoms in total. The van der Waals surface area contributed by atoms with E-state index in [9.17, 15) is 22.4 Å². The van der Waals surface area contributed by atoms with E-state index in [2.05, 4.69) is 28.9 Å². The number of hydrogen-bond acceptors (Lipinski definition) is 4. The largest absolute Gasteiger partial charge is 0.491 e. The molecule has 0 aliphatic rings. The third kappa shape index (κ3) is 4.02. The zero-order valence-electron chi connectivity index (χ0n) is 17.8. The van der Waals surface area contributed by atoms with Crippen molar-refractivity contribution in [2.45, 2.75) is 19.8 Å². The van der Waals surface area contributed by atoms with Crippen LogP contribution in [0.25, 0.3) is 22.6 Å². The van der Waals surface area contributed by atoms with Crippen LogP contribution in [0.5, 0.6) is 5.75 Å². The Morgan fingerprint density at radius 2 is 1.61 bits per heavy atom. The second-order valence-electron chi connectivity index (χ2n) is 7.60. The molecule has 0 unspecified atom stereocenters. The van der Waals surface area contributed by atoms with Crippen LogP contribution in [0.1, 0.15) is 35.7 Å². The highest BCUT2D eigenvalue weighted by Gasteiger charge is 2.30. The summed E-state index contributed by atoms with van der Waals surface area (Å²) in [6.45, 7) is 4.14. The molecule has 0 bridgehead atoms. The normalized spacial score (nSPS) is 11.3. The molecule has 0 aliphatic heterocycles. The second kappa shape index (κ2) is 8.57. The fourth-order valence-electron chi connectivity index (χ4n) is 3.31. The number of ether oxygens (including phenoxy) is 1. The Kier molecular flexibility index (Phi) is 5.80. The lowest BCUT2D eigenvalue weighted by molar-refractivity contribution is 0.101. The number of amides is 1. The van der Waals surface area contributed by atoms with Crippen LogP contribution < -0.4 is 10.1 Å². The minimum absolute atomic E-state index is 0.136. The first-order valence-corrected chi connectivity index (χ1v) is 9.93. The Morgan fingerprint density at radius 1 is 0.970 bits per heavy atom. The third-order valence-electron chi connectivity index (χ3n) is 5.12. The van der Waals surface area contributed by atoms with E-state index >= 15 is 0 Å². The minimum atomic E-state index is -1.85. The van der Waals surface area contributed by atoms with Crippen LogP contribution in [0.4, 0.5) is 23.2 Å². The molecular formula is C24H18F4N2O3. The number of anilines is 1. The van der Waals surface area contributed by atoms with Crippen LogP contribution in [0.15, 0.2) is 46.9 Å². The SMILES string of the molecule is COc1c(F)c(F)c(C(=O)Nc2ccc(-c3nc4cc(C(C)C)ccc4o3)cc2)c(F)c1F. The fourth-order valence-corrected chi connectivity index (χ4v) is 3.31. The van der Waals surface area contributed by atoms with Crippen molar-refractivity contribution in [2.24, 2.45) is 0 Å². The minimum Gasteiger partial charge on any atom is -0.491 e. The van der Waals surface area contributed by atoms with Crippen molar-refractivity contribution < 1.29 is 31.5 Å². The highest BCUT2D eigenvalue weighted by Crippen LogP contribution is 2.31. The first-order valence-electron chi connectivity index (χ1n) is 9.93. The number of aromatic nitrogens is 1. The van der Waals surface area contributed by atoms with E-state index in [1.165, 1.54) is 12.1 Å². The van der Waals surface area contributed by atoms with Gasteiger partial charge in [-0.2, -0.15) is 8.78 Å². The summed E-state index contributed by atoms with van der Waals surface area (Å²) in [5, 5.41) is 2.21. The summed E-state index contributed by atoms with van der Waals surface area (Å²) >= 11 is 0. The van der Waals surface area contributed by atoms with Gasteiger partial charge in [-0.25, -0.2) is 13.8 Å². The van der Waals surface area contributed by atoms with Gasteiger partial charge >= 0.3 is 0 Å². The lowest BCUT2D eigenvalue weighted by atomic mass is 10.0. The van der Waals surface area contributed by atoms with E-state index in [1.807, 2.05) is 18.2 Å². The Morgan fingerprint density at radius 3 is 2.18 bits per heavy atom. The molecule has 1 amide bonds. The molecule has 0 fully saturated rings. The molecule has 4 rings (SSSR count). The van der Waals surface area contributed by atoms with Crippen molar-refractivity contribution in [3.63, 3.8) is 0 Å². The lowest BCUT2D eigenvalue weighted by Crippen LogP contribution is -2.18. The van der Waals surface area contributed by atoms with Crippen molar-refractivity contribution in [2.75, 3.05) is 12.4 Å². The van der Waals surface area contributed by atoms with Crippen molar-refractivity contribution >= 4 is 22.7 Å². The first-order chi connectivity index (χ1) is 15.7. The van der Waals surface area contributed by atoms with Crippen LogP contribution in [0.2, 0.25) is 0 Å². The first kappa shape index (κ1) is 22.3. The maximum Gasteiger partial charge on any atom is 0.261 e. The molecule has 4 aromatic rings. The number of nitrogens with one attached hydrogen (secondary N) is 1. The highest BCUT2D eigenvalue weighted by molar-refractivity contribution is 6.05. The number of carbonyl (C=O) groups is 1. The van der Waals surface area contributed by atoms with Gasteiger partial charge < -0.3 is 14.5 Å². The van der Waals surface area contributed by atoms with Gasteiger partial charge in [0.15, 0.2) is 23.0 Å². The zero-order valence-corrected chi connectivity index (χ0v) is 17.8. The molecular weight excluding hydrogens is 440 g/mol. The number of methoxy groups -OCH3 is 1. The summed E-state index contributed by atoms with van der Waals surface area (Å²) in [5.74, 6) is -9.23. The number of oxazole rings is 1. The summed E-state index contributed by atoms with van der Waals surface area (Å²) in [4.78, 5) is 16.8. The fraction of sp³-hybridized carbons (Fsp3) is 0.167. The standard InChI is InChI=1S/C24H18F4N2O3/c1-11(2)13-6-9-16-15(10-13)30-24(33-16)12-4-7-14(8-5-12)29-23(31)17-18(25)20(27)22(32-3)21(28)19(17)26/h4-11H,1-3H3,(H,29,31). The average molecular weight is 458 g/mol. The highest BCUT2D eigenvalue weighted by atomic mass is 19.2. The maximum atomic E-state index is 14.2. The molecule has 0 atom stereocenters. The van der Waals surface area contributed by atoms with Crippen LogP contribution in [-0.2, 0) is 0 Å². The summed E-state index contributed by atoms with van der Waals surface area (Å²) in [6.07, 6.45) is 0. The Balaban J connectivity index is 1.59. The molecule has 9 heteroatoms. The monoisotopic (exact) mass is 458 g/mol. The molecule has 0 spiro atoms. The summed E-state index contributed by atoms with van der Waals surface area (Å²) in [6, 6.07) is 11.8. The van der Waals surface area contributed by atoms with E-state index in [1.54, 1.807) is 12.1 Å². The average Bonchev–Trinajstić information content (AvgIpc) is 3.22. The van der Waals surface area contributed by atoms with Crippen molar-refractivity contribution in [1.82, 2.24) is 4.98 Å². The van der Waals surface area contributed by atoms with Gasteiger partial charge in [-0.15, -0.1) is 0 Å². The van der Waals surface area contributed by atoms with Crippen molar-refractivity contribution in [3.8, 4) is 17.2 Å². The second-order valence-corrected chi connectivity index (χ2v) is 7.60. The van der Waals surface area contributed by atoms with Crippen LogP contribution in [0, 0.1) is 23.3 Å². The molecule has 170 valence electrons. The predicted molar refractivity (Wildman–Crippen MR) is 114 cm³/mol. The van der Waals surface area contributed by atoms with Crippen LogP contribution in [0.3, 0.4) is 0 Å². The Hall–Kier alpha value is -3.88. The van der Waals surface area contributed by atoms with Crippen LogP contribution >= 0.6 is 0 Å². The summed E-state index contributed by atoms with van der Waals surface area (Å²) < 4.78 is 66.2. The van der Waals surface area contributed by atoms with Gasteiger partial charge in [0.2, 0.25) is 17.5 Å². The van der Waals surface area contributed by atoms with E-state index in [4.69, 9.17) is 4.42 Å². The smallest absolute Gasteiger partial charge is 0.261 e. The van der Waals surface area contributed by atoms with Gasteiger partial charge in [-0.1, -0.05) is 19.9 Å². The van der Waals surface area contributed by atoms with Gasteiger partial charge in [0, 0.05) is 11.3 Å². The van der Waals surface area contributed by atoms with Gasteiger partial charge in [0.1, 0.15) is 11.1 Å². The van der Waals surface area contributed by atoms with E-state index in [0.29, 0.717) is 28.5 Å². The number of rotatable bonds is 5. The van der Waals surface area contributed by atoms with Gasteiger partial charge in [0.05, 0.1) is 7.11 Å².